The Morgan fingerprint density at radius 3 is 3.00 bits per heavy atom. The number of nitrogens with zero attached hydrogens (tertiary/aromatic N) is 3. The number of hydrogen-bond donors (Lipinski definition) is 1. The smallest absolute Gasteiger partial charge is 0.341 e. The van der Waals surface area contributed by atoms with Crippen LogP contribution in [0.15, 0.2) is 23.2 Å². The molecule has 9 heteroatoms. The molecule has 0 radical (unpaired) electrons. The van der Waals surface area contributed by atoms with Gasteiger partial charge in [-0.25, -0.2) is 9.79 Å². The summed E-state index contributed by atoms with van der Waals surface area (Å²) in [5, 5.41) is 21.4. The molecule has 27 heavy (non-hydrogen) atoms. The predicted molar refractivity (Wildman–Crippen MR) is 102 cm³/mol. The maximum atomic E-state index is 12.5. The maximum Gasteiger partial charge on any atom is 0.341 e. The van der Waals surface area contributed by atoms with Crippen molar-refractivity contribution in [3.63, 3.8) is 0 Å². The van der Waals surface area contributed by atoms with Crippen LogP contribution >= 0.6 is 11.3 Å². The zero-order valence-electron chi connectivity index (χ0n) is 15.0. The molecule has 1 N–H and O–H groups in total. The zero-order valence-corrected chi connectivity index (χ0v) is 15.8. The van der Waals surface area contributed by atoms with E-state index in [1.54, 1.807) is 6.92 Å². The van der Waals surface area contributed by atoms with Gasteiger partial charge in [0.1, 0.15) is 10.8 Å². The van der Waals surface area contributed by atoms with Gasteiger partial charge in [0.25, 0.3) is 5.69 Å². The first-order chi connectivity index (χ1) is 12.9. The summed E-state index contributed by atoms with van der Waals surface area (Å²) in [5.74, 6) is -0.543. The summed E-state index contributed by atoms with van der Waals surface area (Å²) in [6, 6.07) is 3.71. The second-order valence-electron chi connectivity index (χ2n) is 6.15. The largest absolute Gasteiger partial charge is 0.507 e. The van der Waals surface area contributed by atoms with Crippen LogP contribution < -0.4 is 0 Å². The third kappa shape index (κ3) is 3.99. The van der Waals surface area contributed by atoms with Crippen molar-refractivity contribution >= 4 is 34.2 Å². The Morgan fingerprint density at radius 2 is 2.30 bits per heavy atom. The molecule has 0 saturated carbocycles. The van der Waals surface area contributed by atoms with Crippen molar-refractivity contribution in [3.05, 3.63) is 49.9 Å². The Hall–Kier alpha value is -2.78. The fourth-order valence-electron chi connectivity index (χ4n) is 2.91. The lowest BCUT2D eigenvalue weighted by Gasteiger charge is -2.22. The number of thiophene rings is 1. The van der Waals surface area contributed by atoms with Crippen molar-refractivity contribution in [2.45, 2.75) is 19.9 Å². The first kappa shape index (κ1) is 19.0. The van der Waals surface area contributed by atoms with Gasteiger partial charge in [-0.2, -0.15) is 0 Å². The van der Waals surface area contributed by atoms with Gasteiger partial charge < -0.3 is 14.7 Å². The number of carbonyl (C=O) groups is 1. The minimum Gasteiger partial charge on any atom is -0.507 e. The van der Waals surface area contributed by atoms with E-state index in [9.17, 15) is 20.0 Å². The first-order valence-electron chi connectivity index (χ1n) is 8.42. The maximum absolute atomic E-state index is 12.5. The van der Waals surface area contributed by atoms with Crippen molar-refractivity contribution < 1.29 is 19.6 Å². The number of likely N-dealkylation sites (N-methyl/N-ethyl adjacent to an activating group) is 1. The lowest BCUT2D eigenvalue weighted by molar-refractivity contribution is -0.384. The first-order valence-corrected chi connectivity index (χ1v) is 9.24. The fraction of sp³-hybridized carbons (Fsp3) is 0.333. The van der Waals surface area contributed by atoms with Crippen LogP contribution in [0.25, 0.3) is 0 Å². The Morgan fingerprint density at radius 1 is 1.52 bits per heavy atom. The SMILES string of the molecule is CCOC(=O)c1c(/N=C/c2cc([N+](=O)[O-])ccc2O)sc2c1CCN(C)C2. The Balaban J connectivity index is 2.01. The second-order valence-corrected chi connectivity index (χ2v) is 7.23. The molecule has 0 atom stereocenters. The van der Waals surface area contributed by atoms with Gasteiger partial charge in [-0.3, -0.25) is 10.1 Å². The van der Waals surface area contributed by atoms with Crippen molar-refractivity contribution in [1.29, 1.82) is 0 Å². The van der Waals surface area contributed by atoms with E-state index in [0.717, 1.165) is 30.0 Å². The van der Waals surface area contributed by atoms with Gasteiger partial charge in [-0.15, -0.1) is 11.3 Å². The number of nitro benzene ring substituents is 1. The number of phenolic OH excluding ortho intramolecular Hbond substituents is 1. The van der Waals surface area contributed by atoms with Gasteiger partial charge in [0.2, 0.25) is 0 Å². The third-order valence-electron chi connectivity index (χ3n) is 4.25. The van der Waals surface area contributed by atoms with Crippen LogP contribution in [-0.2, 0) is 17.7 Å². The van der Waals surface area contributed by atoms with Crippen LogP contribution in [0.5, 0.6) is 5.75 Å². The average molecular weight is 389 g/mol. The van der Waals surface area contributed by atoms with E-state index in [4.69, 9.17) is 4.74 Å². The molecule has 0 unspecified atom stereocenters. The quantitative estimate of drug-likeness (QED) is 0.364. The van der Waals surface area contributed by atoms with Crippen molar-refractivity contribution in [3.8, 4) is 5.75 Å². The summed E-state index contributed by atoms with van der Waals surface area (Å²) in [4.78, 5) is 30.4. The van der Waals surface area contributed by atoms with E-state index >= 15 is 0 Å². The number of hydrogen-bond acceptors (Lipinski definition) is 8. The minimum absolute atomic E-state index is 0.122. The molecule has 2 heterocycles. The molecule has 142 valence electrons. The van der Waals surface area contributed by atoms with E-state index in [-0.39, 0.29) is 23.6 Å². The summed E-state index contributed by atoms with van der Waals surface area (Å²) in [6.07, 6.45) is 2.07. The molecule has 0 saturated heterocycles. The number of aliphatic imine (C=N–C) groups is 1. The van der Waals surface area contributed by atoms with Crippen LogP contribution in [-0.4, -0.2) is 47.3 Å². The van der Waals surface area contributed by atoms with E-state index in [1.807, 2.05) is 7.05 Å². The number of phenols is 1. The number of carbonyl (C=O) groups excluding carboxylic acids is 1. The molecule has 1 aromatic heterocycles. The molecule has 8 nitrogen and oxygen atoms in total. The molecule has 0 fully saturated rings. The summed E-state index contributed by atoms with van der Waals surface area (Å²) in [7, 11) is 2.01. The highest BCUT2D eigenvalue weighted by molar-refractivity contribution is 7.16. The van der Waals surface area contributed by atoms with E-state index in [2.05, 4.69) is 9.89 Å². The number of fused-ring (bicyclic) bond motifs is 1. The molecule has 0 spiro atoms. The fourth-order valence-corrected chi connectivity index (χ4v) is 4.17. The molecule has 1 aromatic carbocycles. The Kier molecular flexibility index (Phi) is 5.52. The highest BCUT2D eigenvalue weighted by Crippen LogP contribution is 2.39. The minimum atomic E-state index is -0.541. The van der Waals surface area contributed by atoms with E-state index in [0.29, 0.717) is 10.6 Å². The van der Waals surface area contributed by atoms with Crippen LogP contribution in [0.1, 0.15) is 33.3 Å². The number of aromatic hydroxyl groups is 1. The van der Waals surface area contributed by atoms with Crippen LogP contribution in [0.3, 0.4) is 0 Å². The van der Waals surface area contributed by atoms with Gasteiger partial charge in [0.05, 0.1) is 17.1 Å². The molecule has 3 rings (SSSR count). The summed E-state index contributed by atoms with van der Waals surface area (Å²) < 4.78 is 5.19. The number of nitro groups is 1. The average Bonchev–Trinajstić information content (AvgIpc) is 2.98. The molecule has 2 aromatic rings. The summed E-state index contributed by atoms with van der Waals surface area (Å²) in [5.41, 5.74) is 1.47. The zero-order chi connectivity index (χ0) is 19.6. The van der Waals surface area contributed by atoms with Crippen molar-refractivity contribution in [1.82, 2.24) is 4.90 Å². The summed E-state index contributed by atoms with van der Waals surface area (Å²) >= 11 is 1.40. The Labute approximate surface area is 159 Å². The molecular formula is C18H19N3O5S. The lowest BCUT2D eigenvalue weighted by atomic mass is 10.0. The van der Waals surface area contributed by atoms with Crippen LogP contribution in [0.4, 0.5) is 10.7 Å². The standard InChI is InChI=1S/C18H19N3O5S/c1-3-26-18(23)16-13-6-7-20(2)10-15(13)27-17(16)19-9-11-8-12(21(24)25)4-5-14(11)22/h4-5,8-9,22H,3,6-7,10H2,1-2H3/b19-9+. The summed E-state index contributed by atoms with van der Waals surface area (Å²) in [6.45, 7) is 3.57. The molecule has 0 aliphatic carbocycles. The number of esters is 1. The number of benzene rings is 1. The topological polar surface area (TPSA) is 105 Å². The van der Waals surface area contributed by atoms with Gasteiger partial charge in [-0.05, 0) is 32.0 Å². The van der Waals surface area contributed by atoms with E-state index in [1.165, 1.54) is 35.8 Å². The Bertz CT molecular complexity index is 922. The van der Waals surface area contributed by atoms with Crippen LogP contribution in [0, 0.1) is 10.1 Å². The predicted octanol–water partition coefficient (Wildman–Crippen LogP) is 3.28. The highest BCUT2D eigenvalue weighted by atomic mass is 32.1. The molecular weight excluding hydrogens is 370 g/mol. The lowest BCUT2D eigenvalue weighted by Crippen LogP contribution is -2.26. The van der Waals surface area contributed by atoms with Gasteiger partial charge in [0, 0.05) is 41.9 Å². The number of rotatable bonds is 5. The van der Waals surface area contributed by atoms with Crippen molar-refractivity contribution in [2.24, 2.45) is 4.99 Å². The normalized spacial score (nSPS) is 14.3. The van der Waals surface area contributed by atoms with E-state index < -0.39 is 10.9 Å². The molecule has 0 bridgehead atoms. The third-order valence-corrected chi connectivity index (χ3v) is 5.38. The van der Waals surface area contributed by atoms with Crippen LogP contribution in [0.2, 0.25) is 0 Å². The molecule has 1 aliphatic rings. The number of non-ortho nitro benzene ring substituents is 1. The van der Waals surface area contributed by atoms with Gasteiger partial charge >= 0.3 is 5.97 Å². The second kappa shape index (κ2) is 7.85. The monoisotopic (exact) mass is 389 g/mol. The molecule has 1 aliphatic heterocycles. The highest BCUT2D eigenvalue weighted by Gasteiger charge is 2.27. The van der Waals surface area contributed by atoms with Gasteiger partial charge in [-0.1, -0.05) is 0 Å². The van der Waals surface area contributed by atoms with Gasteiger partial charge in [0.15, 0.2) is 0 Å². The van der Waals surface area contributed by atoms with Crippen molar-refractivity contribution in [2.75, 3.05) is 20.2 Å². The molecule has 0 amide bonds. The number of ether oxygens (including phenoxy) is 1.